The Kier molecular flexibility index (Phi) is 3.38. The van der Waals surface area contributed by atoms with Crippen LogP contribution < -0.4 is 11.1 Å². The molecule has 0 atom stereocenters. The Labute approximate surface area is 80.7 Å². The lowest BCUT2D eigenvalue weighted by Gasteiger charge is -2.03. The van der Waals surface area contributed by atoms with Gasteiger partial charge in [-0.15, -0.1) is 5.10 Å². The minimum absolute atomic E-state index is 0.196. The molecule has 6 nitrogen and oxygen atoms in total. The van der Waals surface area contributed by atoms with Crippen molar-refractivity contribution in [2.45, 2.75) is 6.42 Å². The van der Waals surface area contributed by atoms with Gasteiger partial charge in [-0.3, -0.25) is 4.79 Å². The lowest BCUT2D eigenvalue weighted by atomic mass is 10.3. The third-order valence-electron chi connectivity index (χ3n) is 1.51. The van der Waals surface area contributed by atoms with Gasteiger partial charge in [-0.1, -0.05) is 0 Å². The third-order valence-corrected chi connectivity index (χ3v) is 1.51. The highest BCUT2D eigenvalue weighted by atomic mass is 16.1. The molecular formula is C8H9N5O. The second kappa shape index (κ2) is 4.77. The van der Waals surface area contributed by atoms with E-state index in [0.717, 1.165) is 0 Å². The zero-order valence-corrected chi connectivity index (χ0v) is 7.40. The van der Waals surface area contributed by atoms with Crippen LogP contribution in [0.2, 0.25) is 0 Å². The summed E-state index contributed by atoms with van der Waals surface area (Å²) in [5.41, 5.74) is 5.34. The van der Waals surface area contributed by atoms with Crippen molar-refractivity contribution in [1.29, 1.82) is 5.26 Å². The van der Waals surface area contributed by atoms with Crippen molar-refractivity contribution in [3.05, 3.63) is 17.8 Å². The number of anilines is 1. The number of hydrogen-bond donors (Lipinski definition) is 2. The summed E-state index contributed by atoms with van der Waals surface area (Å²) in [6, 6.07) is 3.49. The van der Waals surface area contributed by atoms with E-state index in [0.29, 0.717) is 17.9 Å². The predicted molar refractivity (Wildman–Crippen MR) is 49.0 cm³/mol. The number of hydrogen-bond acceptors (Lipinski definition) is 5. The topological polar surface area (TPSA) is 105 Å². The number of nitriles is 1. The van der Waals surface area contributed by atoms with Crippen LogP contribution in [0.25, 0.3) is 0 Å². The standard InChI is InChI=1S/C8H9N5O/c9-5-6-1-4-12-13-8(6)11-3-2-7(10)14/h1,4H,2-3H2,(H2,10,14)(H,11,13). The Hall–Kier alpha value is -2.16. The van der Waals surface area contributed by atoms with Gasteiger partial charge in [-0.2, -0.15) is 10.4 Å². The normalized spacial score (nSPS) is 9.07. The molecule has 6 heteroatoms. The van der Waals surface area contributed by atoms with Crippen molar-refractivity contribution in [3.8, 4) is 6.07 Å². The molecule has 1 aromatic heterocycles. The number of carbonyl (C=O) groups excluding carboxylic acids is 1. The van der Waals surface area contributed by atoms with Gasteiger partial charge in [0.25, 0.3) is 0 Å². The van der Waals surface area contributed by atoms with Gasteiger partial charge >= 0.3 is 0 Å². The van der Waals surface area contributed by atoms with Gasteiger partial charge < -0.3 is 11.1 Å². The van der Waals surface area contributed by atoms with Crippen molar-refractivity contribution in [2.75, 3.05) is 11.9 Å². The Bertz CT molecular complexity index is 370. The minimum atomic E-state index is -0.403. The zero-order chi connectivity index (χ0) is 10.4. The average Bonchev–Trinajstić information content (AvgIpc) is 2.18. The first-order valence-electron chi connectivity index (χ1n) is 3.98. The number of aromatic nitrogens is 2. The Morgan fingerprint density at radius 1 is 1.71 bits per heavy atom. The van der Waals surface area contributed by atoms with Gasteiger partial charge in [-0.05, 0) is 6.07 Å². The van der Waals surface area contributed by atoms with Gasteiger partial charge in [0.15, 0.2) is 5.82 Å². The van der Waals surface area contributed by atoms with E-state index in [1.54, 1.807) is 6.07 Å². The molecule has 0 fully saturated rings. The maximum atomic E-state index is 10.4. The second-order valence-corrected chi connectivity index (χ2v) is 2.55. The molecule has 72 valence electrons. The summed E-state index contributed by atoms with van der Waals surface area (Å²) in [6.07, 6.45) is 1.62. The summed E-state index contributed by atoms with van der Waals surface area (Å²) in [5, 5.41) is 18.8. The maximum absolute atomic E-state index is 10.4. The van der Waals surface area contributed by atoms with Crippen molar-refractivity contribution >= 4 is 11.7 Å². The molecule has 0 aliphatic carbocycles. The SMILES string of the molecule is N#Cc1ccnnc1NCCC(N)=O. The quantitative estimate of drug-likeness (QED) is 0.675. The van der Waals surface area contributed by atoms with E-state index in [1.807, 2.05) is 6.07 Å². The zero-order valence-electron chi connectivity index (χ0n) is 7.40. The maximum Gasteiger partial charge on any atom is 0.219 e. The molecule has 0 bridgehead atoms. The van der Waals surface area contributed by atoms with E-state index in [4.69, 9.17) is 11.0 Å². The van der Waals surface area contributed by atoms with Crippen LogP contribution in [-0.4, -0.2) is 22.6 Å². The lowest BCUT2D eigenvalue weighted by Crippen LogP contribution is -2.16. The molecule has 0 saturated heterocycles. The van der Waals surface area contributed by atoms with Gasteiger partial charge in [0.2, 0.25) is 5.91 Å². The minimum Gasteiger partial charge on any atom is -0.370 e. The highest BCUT2D eigenvalue weighted by Gasteiger charge is 2.02. The first kappa shape index (κ1) is 9.92. The molecule has 0 aliphatic rings. The summed E-state index contributed by atoms with van der Waals surface area (Å²) >= 11 is 0. The van der Waals surface area contributed by atoms with Crippen LogP contribution in [0, 0.1) is 11.3 Å². The van der Waals surface area contributed by atoms with Crippen LogP contribution in [0.5, 0.6) is 0 Å². The largest absolute Gasteiger partial charge is 0.370 e. The molecule has 0 aliphatic heterocycles. The van der Waals surface area contributed by atoms with E-state index in [1.165, 1.54) is 6.20 Å². The van der Waals surface area contributed by atoms with Crippen molar-refractivity contribution < 1.29 is 4.79 Å². The summed E-state index contributed by atoms with van der Waals surface area (Å²) < 4.78 is 0. The molecule has 1 aromatic rings. The molecule has 0 radical (unpaired) electrons. The van der Waals surface area contributed by atoms with Crippen LogP contribution in [-0.2, 0) is 4.79 Å². The van der Waals surface area contributed by atoms with Gasteiger partial charge in [0.1, 0.15) is 6.07 Å². The fourth-order valence-corrected chi connectivity index (χ4v) is 0.857. The average molecular weight is 191 g/mol. The molecule has 14 heavy (non-hydrogen) atoms. The van der Waals surface area contributed by atoms with Crippen LogP contribution in [0.4, 0.5) is 5.82 Å². The highest BCUT2D eigenvalue weighted by Crippen LogP contribution is 2.07. The summed E-state index contributed by atoms with van der Waals surface area (Å²) in [5.74, 6) is -0.0313. The monoisotopic (exact) mass is 191 g/mol. The van der Waals surface area contributed by atoms with Gasteiger partial charge in [0.05, 0.1) is 11.8 Å². The Morgan fingerprint density at radius 2 is 2.50 bits per heavy atom. The van der Waals surface area contributed by atoms with Crippen LogP contribution in [0.1, 0.15) is 12.0 Å². The molecule has 0 aromatic carbocycles. The molecule has 0 unspecified atom stereocenters. The van der Waals surface area contributed by atoms with E-state index >= 15 is 0 Å². The molecule has 0 spiro atoms. The number of primary amides is 1. The number of rotatable bonds is 4. The molecule has 1 amide bonds. The van der Waals surface area contributed by atoms with E-state index in [-0.39, 0.29) is 6.42 Å². The number of nitrogens with one attached hydrogen (secondary N) is 1. The van der Waals surface area contributed by atoms with Crippen molar-refractivity contribution in [2.24, 2.45) is 5.73 Å². The number of nitrogens with zero attached hydrogens (tertiary/aromatic N) is 3. The molecule has 0 saturated carbocycles. The summed E-state index contributed by atoms with van der Waals surface area (Å²) in [7, 11) is 0. The fraction of sp³-hybridized carbons (Fsp3) is 0.250. The Morgan fingerprint density at radius 3 is 3.14 bits per heavy atom. The summed E-state index contributed by atoms with van der Waals surface area (Å²) in [6.45, 7) is 0.350. The Balaban J connectivity index is 2.59. The first-order chi connectivity index (χ1) is 6.74. The predicted octanol–water partition coefficient (Wildman–Crippen LogP) is -0.364. The number of nitrogens with two attached hydrogens (primary N) is 1. The van der Waals surface area contributed by atoms with Gasteiger partial charge in [0, 0.05) is 13.0 Å². The molecule has 1 rings (SSSR count). The van der Waals surface area contributed by atoms with Crippen LogP contribution in [0.3, 0.4) is 0 Å². The summed E-state index contributed by atoms with van der Waals surface area (Å²) in [4.78, 5) is 10.4. The van der Waals surface area contributed by atoms with E-state index in [2.05, 4.69) is 15.5 Å². The fourth-order valence-electron chi connectivity index (χ4n) is 0.857. The van der Waals surface area contributed by atoms with Crippen molar-refractivity contribution in [1.82, 2.24) is 10.2 Å². The molecular weight excluding hydrogens is 182 g/mol. The van der Waals surface area contributed by atoms with Crippen LogP contribution in [0.15, 0.2) is 12.3 Å². The van der Waals surface area contributed by atoms with Crippen LogP contribution >= 0.6 is 0 Å². The smallest absolute Gasteiger partial charge is 0.219 e. The van der Waals surface area contributed by atoms with Gasteiger partial charge in [-0.25, -0.2) is 0 Å². The lowest BCUT2D eigenvalue weighted by molar-refractivity contribution is -0.117. The second-order valence-electron chi connectivity index (χ2n) is 2.55. The van der Waals surface area contributed by atoms with E-state index in [9.17, 15) is 4.79 Å². The number of carbonyl (C=O) groups is 1. The third kappa shape index (κ3) is 2.71. The molecule has 1 heterocycles. The van der Waals surface area contributed by atoms with Crippen molar-refractivity contribution in [3.63, 3.8) is 0 Å². The number of amides is 1. The first-order valence-corrected chi connectivity index (χ1v) is 3.98. The highest BCUT2D eigenvalue weighted by molar-refractivity contribution is 5.74. The van der Waals surface area contributed by atoms with E-state index < -0.39 is 5.91 Å². The molecule has 3 N–H and O–H groups in total.